The minimum Gasteiger partial charge on any atom is -0.461 e. The van der Waals surface area contributed by atoms with E-state index in [-0.39, 0.29) is 11.8 Å². The Bertz CT molecular complexity index is 917. The number of nitrogens with zero attached hydrogens (tertiary/aromatic N) is 4. The third kappa shape index (κ3) is 2.44. The van der Waals surface area contributed by atoms with Crippen molar-refractivity contribution in [3.05, 3.63) is 59.7 Å². The van der Waals surface area contributed by atoms with Crippen LogP contribution < -0.4 is 0 Å². The van der Waals surface area contributed by atoms with Crippen LogP contribution in [0.3, 0.4) is 0 Å². The van der Waals surface area contributed by atoms with Crippen molar-refractivity contribution in [3.8, 4) is 17.7 Å². The van der Waals surface area contributed by atoms with Gasteiger partial charge in [-0.3, -0.25) is 4.79 Å². The molecule has 7 nitrogen and oxygen atoms in total. The van der Waals surface area contributed by atoms with Crippen molar-refractivity contribution >= 4 is 5.91 Å². The van der Waals surface area contributed by atoms with Gasteiger partial charge < -0.3 is 13.8 Å². The molecular weight excluding hydrogens is 308 g/mol. The van der Waals surface area contributed by atoms with Crippen LogP contribution in [0.25, 0.3) is 11.6 Å². The quantitative estimate of drug-likeness (QED) is 0.735. The highest BCUT2D eigenvalue weighted by atomic mass is 16.5. The Morgan fingerprint density at radius 1 is 1.29 bits per heavy atom. The number of amides is 1. The Hall–Kier alpha value is -3.40. The third-order valence-corrected chi connectivity index (χ3v) is 3.94. The fourth-order valence-corrected chi connectivity index (χ4v) is 2.61. The Morgan fingerprint density at radius 3 is 2.92 bits per heavy atom. The molecule has 4 rings (SSSR count). The normalized spacial score (nSPS) is 14.2. The molecule has 3 aromatic rings. The van der Waals surface area contributed by atoms with Crippen molar-refractivity contribution in [3.63, 3.8) is 0 Å². The van der Waals surface area contributed by atoms with Crippen LogP contribution in [0.5, 0.6) is 0 Å². The summed E-state index contributed by atoms with van der Waals surface area (Å²) in [6.45, 7) is 1.02. The smallest absolute Gasteiger partial charge is 0.253 e. The lowest BCUT2D eigenvalue weighted by Gasteiger charge is -2.37. The maximum Gasteiger partial charge on any atom is 0.253 e. The van der Waals surface area contributed by atoms with E-state index in [4.69, 9.17) is 14.2 Å². The van der Waals surface area contributed by atoms with Crippen LogP contribution in [-0.4, -0.2) is 34.0 Å². The van der Waals surface area contributed by atoms with Crippen LogP contribution in [0.4, 0.5) is 0 Å². The number of furan rings is 1. The Morgan fingerprint density at radius 2 is 2.17 bits per heavy atom. The molecule has 0 unspecified atom stereocenters. The number of hydrogen-bond acceptors (Lipinski definition) is 6. The molecule has 0 N–H and O–H groups in total. The Labute approximate surface area is 137 Å². The first-order valence-corrected chi connectivity index (χ1v) is 7.41. The van der Waals surface area contributed by atoms with Gasteiger partial charge in [-0.25, -0.2) is 0 Å². The van der Waals surface area contributed by atoms with E-state index in [0.29, 0.717) is 41.7 Å². The lowest BCUT2D eigenvalue weighted by Crippen LogP contribution is -2.48. The standard InChI is InChI=1S/C17H12N4O3/c18-8-11-3-1-4-12(7-11)17(22)21-9-13(10-21)16-19-15(20-24-16)14-5-2-6-23-14/h1-7,13H,9-10H2. The van der Waals surface area contributed by atoms with E-state index in [1.807, 2.05) is 6.07 Å². The maximum absolute atomic E-state index is 12.4. The largest absolute Gasteiger partial charge is 0.461 e. The van der Waals surface area contributed by atoms with Crippen LogP contribution in [-0.2, 0) is 0 Å². The van der Waals surface area contributed by atoms with Crippen molar-refractivity contribution in [1.29, 1.82) is 5.26 Å². The van der Waals surface area contributed by atoms with Crippen LogP contribution in [0, 0.1) is 11.3 Å². The number of aromatic nitrogens is 2. The highest BCUT2D eigenvalue weighted by molar-refractivity contribution is 5.95. The van der Waals surface area contributed by atoms with E-state index in [1.54, 1.807) is 47.6 Å². The summed E-state index contributed by atoms with van der Waals surface area (Å²) in [4.78, 5) is 18.4. The molecular formula is C17H12N4O3. The number of benzene rings is 1. The summed E-state index contributed by atoms with van der Waals surface area (Å²) in [7, 11) is 0. The second-order valence-electron chi connectivity index (χ2n) is 5.53. The van der Waals surface area contributed by atoms with Crippen molar-refractivity contribution < 1.29 is 13.7 Å². The molecule has 1 aromatic carbocycles. The van der Waals surface area contributed by atoms with Gasteiger partial charge in [-0.2, -0.15) is 10.2 Å². The Balaban J connectivity index is 1.43. The molecule has 7 heteroatoms. The molecule has 0 spiro atoms. The van der Waals surface area contributed by atoms with Gasteiger partial charge in [0, 0.05) is 18.7 Å². The first-order valence-electron chi connectivity index (χ1n) is 7.41. The lowest BCUT2D eigenvalue weighted by molar-refractivity contribution is 0.0569. The summed E-state index contributed by atoms with van der Waals surface area (Å²) in [6, 6.07) is 12.2. The van der Waals surface area contributed by atoms with E-state index in [1.165, 1.54) is 0 Å². The molecule has 0 radical (unpaired) electrons. The average molecular weight is 320 g/mol. The number of hydrogen-bond donors (Lipinski definition) is 0. The maximum atomic E-state index is 12.4. The number of carbonyl (C=O) groups excluding carboxylic acids is 1. The van der Waals surface area contributed by atoms with Crippen LogP contribution in [0.2, 0.25) is 0 Å². The molecule has 0 aliphatic carbocycles. The topological polar surface area (TPSA) is 96.2 Å². The van der Waals surface area contributed by atoms with Crippen LogP contribution in [0.15, 0.2) is 51.6 Å². The van der Waals surface area contributed by atoms with Gasteiger partial charge in [-0.15, -0.1) is 0 Å². The van der Waals surface area contributed by atoms with E-state index in [2.05, 4.69) is 10.1 Å². The summed E-state index contributed by atoms with van der Waals surface area (Å²) in [5, 5.41) is 12.8. The second-order valence-corrected chi connectivity index (χ2v) is 5.53. The van der Waals surface area contributed by atoms with E-state index >= 15 is 0 Å². The molecule has 0 bridgehead atoms. The molecule has 24 heavy (non-hydrogen) atoms. The van der Waals surface area contributed by atoms with Gasteiger partial charge in [0.2, 0.25) is 11.7 Å². The molecule has 118 valence electrons. The van der Waals surface area contributed by atoms with Gasteiger partial charge in [0.25, 0.3) is 5.91 Å². The van der Waals surface area contributed by atoms with Gasteiger partial charge in [-0.05, 0) is 30.3 Å². The van der Waals surface area contributed by atoms with E-state index in [0.717, 1.165) is 0 Å². The van der Waals surface area contributed by atoms with Gasteiger partial charge in [0.15, 0.2) is 5.76 Å². The summed E-state index contributed by atoms with van der Waals surface area (Å²) < 4.78 is 10.5. The summed E-state index contributed by atoms with van der Waals surface area (Å²) in [5.41, 5.74) is 0.979. The molecule has 3 heterocycles. The van der Waals surface area contributed by atoms with Crippen molar-refractivity contribution in [2.75, 3.05) is 13.1 Å². The number of rotatable bonds is 3. The number of likely N-dealkylation sites (tertiary alicyclic amines) is 1. The first-order chi connectivity index (χ1) is 11.7. The second kappa shape index (κ2) is 5.66. The molecule has 1 amide bonds. The molecule has 0 saturated carbocycles. The highest BCUT2D eigenvalue weighted by Gasteiger charge is 2.36. The Kier molecular flexibility index (Phi) is 3.35. The minimum absolute atomic E-state index is 0.0179. The fourth-order valence-electron chi connectivity index (χ4n) is 2.61. The minimum atomic E-state index is -0.103. The van der Waals surface area contributed by atoms with Crippen LogP contribution >= 0.6 is 0 Å². The first kappa shape index (κ1) is 14.2. The zero-order valence-corrected chi connectivity index (χ0v) is 12.5. The van der Waals surface area contributed by atoms with Gasteiger partial charge >= 0.3 is 0 Å². The van der Waals surface area contributed by atoms with Gasteiger partial charge in [-0.1, -0.05) is 11.2 Å². The molecule has 1 saturated heterocycles. The summed E-state index contributed by atoms with van der Waals surface area (Å²) in [5.74, 6) is 1.36. The van der Waals surface area contributed by atoms with Crippen molar-refractivity contribution in [2.45, 2.75) is 5.92 Å². The van der Waals surface area contributed by atoms with Gasteiger partial charge in [0.05, 0.1) is 23.8 Å². The van der Waals surface area contributed by atoms with E-state index in [9.17, 15) is 4.79 Å². The monoisotopic (exact) mass is 320 g/mol. The van der Waals surface area contributed by atoms with Crippen molar-refractivity contribution in [2.24, 2.45) is 0 Å². The number of carbonyl (C=O) groups is 1. The highest BCUT2D eigenvalue weighted by Crippen LogP contribution is 2.29. The molecule has 1 fully saturated rings. The molecule has 1 aliphatic rings. The number of nitriles is 1. The van der Waals surface area contributed by atoms with E-state index < -0.39 is 0 Å². The fraction of sp³-hybridized carbons (Fsp3) is 0.176. The average Bonchev–Trinajstić information content (AvgIpc) is 3.24. The summed E-state index contributed by atoms with van der Waals surface area (Å²) >= 11 is 0. The SMILES string of the molecule is N#Cc1cccc(C(=O)N2CC(c3nc(-c4ccco4)no3)C2)c1. The predicted molar refractivity (Wildman–Crippen MR) is 81.8 cm³/mol. The lowest BCUT2D eigenvalue weighted by atomic mass is 9.98. The third-order valence-electron chi connectivity index (χ3n) is 3.94. The molecule has 1 aliphatic heterocycles. The molecule has 2 aromatic heterocycles. The molecule has 0 atom stereocenters. The predicted octanol–water partition coefficient (Wildman–Crippen LogP) is 2.44. The van der Waals surface area contributed by atoms with Gasteiger partial charge in [0.1, 0.15) is 0 Å². The summed E-state index contributed by atoms with van der Waals surface area (Å²) in [6.07, 6.45) is 1.55. The van der Waals surface area contributed by atoms with Crippen LogP contribution in [0.1, 0.15) is 27.7 Å². The zero-order valence-electron chi connectivity index (χ0n) is 12.5. The van der Waals surface area contributed by atoms with Crippen molar-refractivity contribution in [1.82, 2.24) is 15.0 Å². The zero-order chi connectivity index (χ0) is 16.5.